The van der Waals surface area contributed by atoms with Crippen LogP contribution >= 0.6 is 0 Å². The van der Waals surface area contributed by atoms with Crippen LogP contribution in [0.1, 0.15) is 0 Å². The molecular weight excluding hydrogens is 152 g/mol. The smallest absolute Gasteiger partial charge is 0.376 e. The number of rotatable bonds is 0. The number of hydrogen-bond acceptors (Lipinski definition) is 3. The minimum atomic E-state index is -2.24. The van der Waals surface area contributed by atoms with Gasteiger partial charge in [0.2, 0.25) is 0 Å². The van der Waals surface area contributed by atoms with Gasteiger partial charge in [-0.2, -0.15) is 0 Å². The lowest BCUT2D eigenvalue weighted by Gasteiger charge is -2.41. The average Bonchev–Trinajstić information content (AvgIpc) is 1.90. The molecule has 0 aromatic rings. The third kappa shape index (κ3) is 0.988. The maximum Gasteiger partial charge on any atom is 0.460 e. The van der Waals surface area contributed by atoms with E-state index in [4.69, 9.17) is 13.3 Å². The van der Waals surface area contributed by atoms with Gasteiger partial charge in [-0.05, 0) is 0 Å². The SMILES string of the molecule is [Si][Si]12OCC(CO1)CO2. The van der Waals surface area contributed by atoms with Crippen molar-refractivity contribution in [1.82, 2.24) is 0 Å². The molecule has 0 atom stereocenters. The van der Waals surface area contributed by atoms with Gasteiger partial charge in [-0.15, -0.1) is 0 Å². The van der Waals surface area contributed by atoms with Crippen molar-refractivity contribution >= 4 is 18.1 Å². The van der Waals surface area contributed by atoms with E-state index < -0.39 is 8.32 Å². The fraction of sp³-hybridized carbons (Fsp3) is 1.00. The number of hydrogen-bond donors (Lipinski definition) is 0. The Labute approximate surface area is 57.9 Å². The zero-order chi connectivity index (χ0) is 6.32. The highest BCUT2D eigenvalue weighted by Gasteiger charge is 2.44. The first kappa shape index (κ1) is 6.05. The quantitative estimate of drug-likeness (QED) is 0.437. The molecule has 3 fully saturated rings. The summed E-state index contributed by atoms with van der Waals surface area (Å²) in [4.78, 5) is 0. The summed E-state index contributed by atoms with van der Waals surface area (Å²) in [6.07, 6.45) is 0. The summed E-state index contributed by atoms with van der Waals surface area (Å²) in [7, 11) is 1.12. The van der Waals surface area contributed by atoms with Crippen molar-refractivity contribution in [2.45, 2.75) is 0 Å². The van der Waals surface area contributed by atoms with Crippen LogP contribution in [0.4, 0.5) is 0 Å². The van der Waals surface area contributed by atoms with Gasteiger partial charge in [0.15, 0.2) is 0 Å². The van der Waals surface area contributed by atoms with E-state index in [1.807, 2.05) is 0 Å². The molecule has 3 rings (SSSR count). The van der Waals surface area contributed by atoms with Crippen LogP contribution in [-0.4, -0.2) is 37.9 Å². The largest absolute Gasteiger partial charge is 0.460 e. The summed E-state index contributed by atoms with van der Waals surface area (Å²) in [6, 6.07) is 0. The molecule has 3 aliphatic rings. The molecule has 0 unspecified atom stereocenters. The van der Waals surface area contributed by atoms with Crippen LogP contribution in [-0.2, 0) is 13.3 Å². The fourth-order valence-electron chi connectivity index (χ4n) is 0.952. The minimum Gasteiger partial charge on any atom is -0.376 e. The van der Waals surface area contributed by atoms with Crippen LogP contribution in [0.2, 0.25) is 0 Å². The predicted octanol–water partition coefficient (Wildman–Crippen LogP) is -0.716. The minimum absolute atomic E-state index is 0.468. The molecule has 9 heavy (non-hydrogen) atoms. The van der Waals surface area contributed by atoms with E-state index in [9.17, 15) is 0 Å². The maximum atomic E-state index is 5.27. The second kappa shape index (κ2) is 1.90. The summed E-state index contributed by atoms with van der Waals surface area (Å²) >= 11 is 0. The third-order valence-corrected chi connectivity index (χ3v) is 4.47. The highest BCUT2D eigenvalue weighted by atomic mass is 29.2. The van der Waals surface area contributed by atoms with Crippen molar-refractivity contribution < 1.29 is 13.3 Å². The highest BCUT2D eigenvalue weighted by Crippen LogP contribution is 2.22. The molecule has 0 aromatic carbocycles. The predicted molar refractivity (Wildman–Crippen MR) is 32.9 cm³/mol. The molecule has 0 aromatic heterocycles. The van der Waals surface area contributed by atoms with Gasteiger partial charge in [0.25, 0.3) is 0 Å². The average molecular weight is 159 g/mol. The Morgan fingerprint density at radius 2 is 1.56 bits per heavy atom. The van der Waals surface area contributed by atoms with Gasteiger partial charge in [0, 0.05) is 25.7 Å². The summed E-state index contributed by atoms with van der Waals surface area (Å²) < 4.78 is 15.8. The van der Waals surface area contributed by atoms with Crippen LogP contribution in [0.25, 0.3) is 0 Å². The molecule has 3 heterocycles. The first-order chi connectivity index (χ1) is 4.29. The molecule has 49 valence electrons. The molecule has 3 radical (unpaired) electrons. The molecule has 3 nitrogen and oxygen atoms in total. The summed E-state index contributed by atoms with van der Waals surface area (Å²) in [5.41, 5.74) is 0. The zero-order valence-electron chi connectivity index (χ0n) is 4.92. The van der Waals surface area contributed by atoms with Crippen molar-refractivity contribution in [3.63, 3.8) is 0 Å². The van der Waals surface area contributed by atoms with E-state index in [-0.39, 0.29) is 0 Å². The summed E-state index contributed by atoms with van der Waals surface area (Å²) in [6.45, 7) is 2.40. The topological polar surface area (TPSA) is 27.7 Å². The fourth-order valence-corrected chi connectivity index (χ4v) is 3.32. The van der Waals surface area contributed by atoms with E-state index in [1.165, 1.54) is 0 Å². The molecular formula is C4H7O3Si2. The van der Waals surface area contributed by atoms with Crippen LogP contribution in [0, 0.1) is 5.92 Å². The second-order valence-corrected chi connectivity index (χ2v) is 6.17. The molecule has 5 heteroatoms. The molecule has 3 aliphatic heterocycles. The van der Waals surface area contributed by atoms with Gasteiger partial charge >= 0.3 is 8.32 Å². The standard InChI is InChI=1S/C4H7O3Si2/c8-9-5-1-4(2-6-9)3-7-9/h4H,1-3H2. The lowest BCUT2D eigenvalue weighted by molar-refractivity contribution is -0.0634. The van der Waals surface area contributed by atoms with Crippen molar-refractivity contribution in [2.24, 2.45) is 5.92 Å². The molecule has 0 N–H and O–H groups in total. The summed E-state index contributed by atoms with van der Waals surface area (Å²) in [5, 5.41) is 0. The molecule has 0 spiro atoms. The Morgan fingerprint density at radius 3 is 1.78 bits per heavy atom. The monoisotopic (exact) mass is 159 g/mol. The van der Waals surface area contributed by atoms with Gasteiger partial charge < -0.3 is 13.3 Å². The first-order valence-corrected chi connectivity index (χ1v) is 6.18. The van der Waals surface area contributed by atoms with E-state index in [2.05, 4.69) is 9.76 Å². The molecule has 0 amide bonds. The van der Waals surface area contributed by atoms with E-state index in [1.54, 1.807) is 0 Å². The Balaban J connectivity index is 2.11. The molecule has 3 saturated heterocycles. The van der Waals surface area contributed by atoms with Gasteiger partial charge in [0.05, 0.1) is 0 Å². The van der Waals surface area contributed by atoms with E-state index in [0.29, 0.717) is 5.92 Å². The van der Waals surface area contributed by atoms with Crippen molar-refractivity contribution in [2.75, 3.05) is 19.8 Å². The number of fused-ring (bicyclic) bond motifs is 3. The van der Waals surface area contributed by atoms with Gasteiger partial charge in [-0.1, -0.05) is 0 Å². The van der Waals surface area contributed by atoms with E-state index in [0.717, 1.165) is 19.8 Å². The lowest BCUT2D eigenvalue weighted by Crippen LogP contribution is -2.59. The van der Waals surface area contributed by atoms with Crippen LogP contribution in [0.15, 0.2) is 0 Å². The normalized spacial score (nSPS) is 49.7. The van der Waals surface area contributed by atoms with Crippen molar-refractivity contribution in [3.05, 3.63) is 0 Å². The Morgan fingerprint density at radius 1 is 1.11 bits per heavy atom. The third-order valence-electron chi connectivity index (χ3n) is 1.53. The second-order valence-electron chi connectivity index (χ2n) is 2.36. The summed E-state index contributed by atoms with van der Waals surface area (Å²) in [5.74, 6) is 0.468. The molecule has 0 aliphatic carbocycles. The molecule has 2 bridgehead atoms. The maximum absolute atomic E-state index is 5.27. The van der Waals surface area contributed by atoms with Gasteiger partial charge in [-0.3, -0.25) is 0 Å². The Bertz CT molecular complexity index is 107. The Hall–Kier alpha value is 0.314. The van der Waals surface area contributed by atoms with E-state index >= 15 is 0 Å². The van der Waals surface area contributed by atoms with Gasteiger partial charge in [0.1, 0.15) is 9.76 Å². The first-order valence-electron chi connectivity index (χ1n) is 2.95. The lowest BCUT2D eigenvalue weighted by atomic mass is 10.2. The Kier molecular flexibility index (Phi) is 1.28. The highest BCUT2D eigenvalue weighted by molar-refractivity contribution is 7.05. The zero-order valence-corrected chi connectivity index (χ0v) is 6.92. The van der Waals surface area contributed by atoms with Crippen molar-refractivity contribution in [1.29, 1.82) is 0 Å². The van der Waals surface area contributed by atoms with Crippen molar-refractivity contribution in [3.8, 4) is 0 Å². The van der Waals surface area contributed by atoms with Crippen LogP contribution in [0.5, 0.6) is 0 Å². The molecule has 0 saturated carbocycles. The van der Waals surface area contributed by atoms with Gasteiger partial charge in [-0.25, -0.2) is 0 Å². The van der Waals surface area contributed by atoms with Crippen LogP contribution in [0.3, 0.4) is 0 Å². The van der Waals surface area contributed by atoms with Crippen LogP contribution < -0.4 is 0 Å².